The van der Waals surface area contributed by atoms with Crippen molar-refractivity contribution in [3.63, 3.8) is 0 Å². The average molecular weight is 390 g/mol. The number of pyridine rings is 1. The number of hydrogen-bond donors (Lipinski definition) is 3. The second-order valence-corrected chi connectivity index (χ2v) is 7.75. The maximum absolute atomic E-state index is 12.6. The van der Waals surface area contributed by atoms with Crippen molar-refractivity contribution in [3.8, 4) is 0 Å². The molecular weight excluding hydrogens is 364 g/mol. The van der Waals surface area contributed by atoms with Crippen LogP contribution >= 0.6 is 0 Å². The number of para-hydroxylation sites is 1. The molecule has 0 unspecified atom stereocenters. The summed E-state index contributed by atoms with van der Waals surface area (Å²) < 4.78 is 0. The van der Waals surface area contributed by atoms with E-state index >= 15 is 0 Å². The average Bonchev–Trinajstić information content (AvgIpc) is 3.21. The Morgan fingerprint density at radius 3 is 2.66 bits per heavy atom. The largest absolute Gasteiger partial charge is 0.360 e. The number of carbonyl (C=O) groups excluding carboxylic acids is 2. The molecule has 0 saturated heterocycles. The van der Waals surface area contributed by atoms with Crippen molar-refractivity contribution < 1.29 is 9.59 Å². The van der Waals surface area contributed by atoms with Gasteiger partial charge in [0.15, 0.2) is 0 Å². The van der Waals surface area contributed by atoms with Crippen LogP contribution in [0.5, 0.6) is 0 Å². The van der Waals surface area contributed by atoms with E-state index in [2.05, 4.69) is 20.6 Å². The van der Waals surface area contributed by atoms with Crippen LogP contribution in [-0.2, 0) is 11.3 Å². The second-order valence-electron chi connectivity index (χ2n) is 7.75. The van der Waals surface area contributed by atoms with Gasteiger partial charge in [0.25, 0.3) is 5.91 Å². The number of benzene rings is 1. The molecule has 29 heavy (non-hydrogen) atoms. The molecule has 0 bridgehead atoms. The Labute approximate surface area is 170 Å². The molecule has 0 spiro atoms. The summed E-state index contributed by atoms with van der Waals surface area (Å²) in [6.45, 7) is 1.18. The van der Waals surface area contributed by atoms with E-state index in [0.717, 1.165) is 42.1 Å². The molecule has 0 aliphatic heterocycles. The third kappa shape index (κ3) is 4.65. The second kappa shape index (κ2) is 8.90. The fraction of sp³-hybridized carbons (Fsp3) is 0.348. The first kappa shape index (κ1) is 19.2. The first-order valence-electron chi connectivity index (χ1n) is 10.2. The van der Waals surface area contributed by atoms with Crippen molar-refractivity contribution in [1.82, 2.24) is 20.6 Å². The van der Waals surface area contributed by atoms with Gasteiger partial charge in [-0.1, -0.05) is 24.3 Å². The van der Waals surface area contributed by atoms with Crippen LogP contribution in [0.25, 0.3) is 10.9 Å². The summed E-state index contributed by atoms with van der Waals surface area (Å²) in [4.78, 5) is 32.2. The molecule has 2 amide bonds. The van der Waals surface area contributed by atoms with E-state index in [4.69, 9.17) is 0 Å². The number of nitrogens with one attached hydrogen (secondary N) is 3. The third-order valence-electron chi connectivity index (χ3n) is 5.79. The first-order chi connectivity index (χ1) is 14.2. The quantitative estimate of drug-likeness (QED) is 0.603. The van der Waals surface area contributed by atoms with Crippen LogP contribution in [0.4, 0.5) is 0 Å². The molecular formula is C23H26N4O2. The third-order valence-corrected chi connectivity index (χ3v) is 5.79. The molecule has 1 aliphatic rings. The van der Waals surface area contributed by atoms with E-state index in [0.29, 0.717) is 24.6 Å². The van der Waals surface area contributed by atoms with Crippen molar-refractivity contribution in [2.24, 2.45) is 11.8 Å². The van der Waals surface area contributed by atoms with Crippen LogP contribution < -0.4 is 10.6 Å². The van der Waals surface area contributed by atoms with Crippen molar-refractivity contribution in [1.29, 1.82) is 0 Å². The van der Waals surface area contributed by atoms with Crippen molar-refractivity contribution in [3.05, 3.63) is 66.1 Å². The normalized spacial score (nSPS) is 19.0. The number of amides is 2. The number of hydrogen-bond acceptors (Lipinski definition) is 3. The highest BCUT2D eigenvalue weighted by molar-refractivity contribution is 6.06. The zero-order chi connectivity index (χ0) is 20.1. The molecule has 1 aliphatic carbocycles. The van der Waals surface area contributed by atoms with Gasteiger partial charge in [-0.15, -0.1) is 0 Å². The number of aromatic amines is 1. The van der Waals surface area contributed by atoms with E-state index in [-0.39, 0.29) is 17.7 Å². The van der Waals surface area contributed by atoms with Crippen LogP contribution in [0.2, 0.25) is 0 Å². The highest BCUT2D eigenvalue weighted by Crippen LogP contribution is 2.28. The molecule has 150 valence electrons. The van der Waals surface area contributed by atoms with E-state index in [9.17, 15) is 9.59 Å². The fourth-order valence-electron chi connectivity index (χ4n) is 4.06. The standard InChI is InChI=1S/C23H26N4O2/c28-22(26-14-17-4-3-11-24-12-17)18-9-7-16(8-10-18)13-27-23(29)20-15-25-21-6-2-1-5-19(20)21/h1-6,11-12,15-16,18,25H,7-10,13-14H2,(H,26,28)(H,27,29). The van der Waals surface area contributed by atoms with Crippen LogP contribution in [0.1, 0.15) is 41.6 Å². The Morgan fingerprint density at radius 1 is 1.03 bits per heavy atom. The lowest BCUT2D eigenvalue weighted by Crippen LogP contribution is -2.35. The summed E-state index contributed by atoms with van der Waals surface area (Å²) in [6, 6.07) is 11.6. The Hall–Kier alpha value is -3.15. The number of carbonyl (C=O) groups is 2. The molecule has 2 aromatic heterocycles. The van der Waals surface area contributed by atoms with Gasteiger partial charge < -0.3 is 15.6 Å². The fourth-order valence-corrected chi connectivity index (χ4v) is 4.06. The molecule has 6 heteroatoms. The van der Waals surface area contributed by atoms with Crippen LogP contribution in [0, 0.1) is 11.8 Å². The highest BCUT2D eigenvalue weighted by Gasteiger charge is 2.26. The molecule has 6 nitrogen and oxygen atoms in total. The van der Waals surface area contributed by atoms with Gasteiger partial charge in [0, 0.05) is 48.5 Å². The Bertz CT molecular complexity index is 975. The van der Waals surface area contributed by atoms with Crippen LogP contribution in [0.15, 0.2) is 55.0 Å². The number of nitrogens with zero attached hydrogens (tertiary/aromatic N) is 1. The van der Waals surface area contributed by atoms with Gasteiger partial charge in [0.1, 0.15) is 0 Å². The van der Waals surface area contributed by atoms with Crippen molar-refractivity contribution >= 4 is 22.7 Å². The smallest absolute Gasteiger partial charge is 0.253 e. The molecule has 4 rings (SSSR count). The summed E-state index contributed by atoms with van der Waals surface area (Å²) in [5, 5.41) is 7.03. The topological polar surface area (TPSA) is 86.9 Å². The van der Waals surface area contributed by atoms with E-state index < -0.39 is 0 Å². The van der Waals surface area contributed by atoms with Crippen molar-refractivity contribution in [2.45, 2.75) is 32.2 Å². The van der Waals surface area contributed by atoms with Gasteiger partial charge in [-0.3, -0.25) is 14.6 Å². The monoisotopic (exact) mass is 390 g/mol. The van der Waals surface area contributed by atoms with Gasteiger partial charge in [-0.05, 0) is 49.3 Å². The predicted molar refractivity (Wildman–Crippen MR) is 112 cm³/mol. The van der Waals surface area contributed by atoms with Gasteiger partial charge in [-0.25, -0.2) is 0 Å². The van der Waals surface area contributed by atoms with Gasteiger partial charge in [0.05, 0.1) is 5.56 Å². The maximum atomic E-state index is 12.6. The lowest BCUT2D eigenvalue weighted by molar-refractivity contribution is -0.126. The van der Waals surface area contributed by atoms with E-state index in [1.807, 2.05) is 36.4 Å². The van der Waals surface area contributed by atoms with Gasteiger partial charge in [-0.2, -0.15) is 0 Å². The maximum Gasteiger partial charge on any atom is 0.253 e. The molecule has 2 heterocycles. The lowest BCUT2D eigenvalue weighted by atomic mass is 9.81. The van der Waals surface area contributed by atoms with Crippen LogP contribution in [-0.4, -0.2) is 28.3 Å². The minimum Gasteiger partial charge on any atom is -0.360 e. The number of fused-ring (bicyclic) bond motifs is 1. The Morgan fingerprint density at radius 2 is 1.86 bits per heavy atom. The zero-order valence-corrected chi connectivity index (χ0v) is 16.4. The van der Waals surface area contributed by atoms with Gasteiger partial charge in [0.2, 0.25) is 5.91 Å². The summed E-state index contributed by atoms with van der Waals surface area (Å²) in [6.07, 6.45) is 8.91. The molecule has 0 atom stereocenters. The van der Waals surface area contributed by atoms with E-state index in [1.165, 1.54) is 0 Å². The lowest BCUT2D eigenvalue weighted by Gasteiger charge is -2.28. The first-order valence-corrected chi connectivity index (χ1v) is 10.2. The number of H-pyrrole nitrogens is 1. The Balaban J connectivity index is 1.21. The molecule has 3 aromatic rings. The van der Waals surface area contributed by atoms with Crippen LogP contribution in [0.3, 0.4) is 0 Å². The molecule has 1 aromatic carbocycles. The summed E-state index contributed by atoms with van der Waals surface area (Å²) in [7, 11) is 0. The highest BCUT2D eigenvalue weighted by atomic mass is 16.2. The molecule has 3 N–H and O–H groups in total. The molecule has 1 saturated carbocycles. The molecule has 0 radical (unpaired) electrons. The zero-order valence-electron chi connectivity index (χ0n) is 16.4. The predicted octanol–water partition coefficient (Wildman–Crippen LogP) is 3.42. The SMILES string of the molecule is O=C(NCC1CCC(C(=O)NCc2cccnc2)CC1)c1c[nH]c2ccccc12. The van der Waals surface area contributed by atoms with E-state index in [1.54, 1.807) is 18.6 Å². The minimum absolute atomic E-state index is 0.0428. The summed E-state index contributed by atoms with van der Waals surface area (Å²) in [5.41, 5.74) is 2.66. The number of rotatable bonds is 6. The van der Waals surface area contributed by atoms with Gasteiger partial charge >= 0.3 is 0 Å². The molecule has 1 fully saturated rings. The Kier molecular flexibility index (Phi) is 5.89. The van der Waals surface area contributed by atoms with Crippen molar-refractivity contribution in [2.75, 3.05) is 6.54 Å². The summed E-state index contributed by atoms with van der Waals surface area (Å²) in [5.74, 6) is 0.563. The number of aromatic nitrogens is 2. The minimum atomic E-state index is -0.0428. The summed E-state index contributed by atoms with van der Waals surface area (Å²) >= 11 is 0.